The normalized spacial score (nSPS) is 10.0. The third-order valence-corrected chi connectivity index (χ3v) is 2.78. The van der Waals surface area contributed by atoms with Gasteiger partial charge in [0.1, 0.15) is 5.75 Å². The number of carbonyl (C=O) groups is 2. The highest BCUT2D eigenvalue weighted by Crippen LogP contribution is 2.20. The summed E-state index contributed by atoms with van der Waals surface area (Å²) < 4.78 is 5.20. The lowest BCUT2D eigenvalue weighted by molar-refractivity contribution is -0.137. The number of carbonyl (C=O) groups excluding carboxylic acids is 1. The molecule has 1 aromatic rings. The number of nitrogens with one attached hydrogen (secondary N) is 1. The van der Waals surface area contributed by atoms with Gasteiger partial charge in [0.25, 0.3) is 5.91 Å². The second kappa shape index (κ2) is 7.41. The standard InChI is InChI=1S/C14H19NO4/c1-3-10-9-11(6-7-12(10)19-2)14(18)15-8-4-5-13(16)17/h6-7,9H,3-5,8H2,1-2H3,(H,15,18)(H,16,17). The molecule has 0 fully saturated rings. The molecule has 19 heavy (non-hydrogen) atoms. The fourth-order valence-electron chi connectivity index (χ4n) is 1.74. The molecule has 1 rings (SSSR count). The quantitative estimate of drug-likeness (QED) is 0.738. The number of aliphatic carboxylic acids is 1. The summed E-state index contributed by atoms with van der Waals surface area (Å²) >= 11 is 0. The first-order valence-electron chi connectivity index (χ1n) is 6.25. The fourth-order valence-corrected chi connectivity index (χ4v) is 1.74. The van der Waals surface area contributed by atoms with Crippen molar-refractivity contribution in [2.45, 2.75) is 26.2 Å². The third-order valence-electron chi connectivity index (χ3n) is 2.78. The second-order valence-electron chi connectivity index (χ2n) is 4.13. The summed E-state index contributed by atoms with van der Waals surface area (Å²) in [5, 5.41) is 11.2. The van der Waals surface area contributed by atoms with E-state index in [9.17, 15) is 9.59 Å². The number of amides is 1. The molecule has 5 nitrogen and oxygen atoms in total. The summed E-state index contributed by atoms with van der Waals surface area (Å²) in [6, 6.07) is 5.26. The lowest BCUT2D eigenvalue weighted by Crippen LogP contribution is -2.25. The molecule has 0 saturated heterocycles. The van der Waals surface area contributed by atoms with E-state index in [-0.39, 0.29) is 12.3 Å². The molecular weight excluding hydrogens is 246 g/mol. The summed E-state index contributed by atoms with van der Waals surface area (Å²) in [6.07, 6.45) is 1.27. The second-order valence-corrected chi connectivity index (χ2v) is 4.13. The lowest BCUT2D eigenvalue weighted by atomic mass is 10.1. The molecule has 0 radical (unpaired) electrons. The van der Waals surface area contributed by atoms with Crippen molar-refractivity contribution in [3.8, 4) is 5.75 Å². The Hall–Kier alpha value is -2.04. The van der Waals surface area contributed by atoms with E-state index >= 15 is 0 Å². The molecule has 0 heterocycles. The minimum absolute atomic E-state index is 0.0586. The Morgan fingerprint density at radius 3 is 2.68 bits per heavy atom. The van der Waals surface area contributed by atoms with Crippen molar-refractivity contribution < 1.29 is 19.4 Å². The van der Waals surface area contributed by atoms with Crippen molar-refractivity contribution in [2.75, 3.05) is 13.7 Å². The molecule has 0 aliphatic heterocycles. The van der Waals surface area contributed by atoms with Gasteiger partial charge in [0.05, 0.1) is 7.11 Å². The van der Waals surface area contributed by atoms with E-state index in [1.165, 1.54) is 0 Å². The molecule has 1 aromatic carbocycles. The summed E-state index contributed by atoms with van der Waals surface area (Å²) in [5.41, 5.74) is 1.54. The van der Waals surface area contributed by atoms with E-state index in [1.54, 1.807) is 25.3 Å². The lowest BCUT2D eigenvalue weighted by Gasteiger charge is -2.09. The Labute approximate surface area is 112 Å². The zero-order chi connectivity index (χ0) is 14.3. The molecule has 0 aliphatic carbocycles. The molecule has 0 unspecified atom stereocenters. The van der Waals surface area contributed by atoms with Crippen LogP contribution in [0.4, 0.5) is 0 Å². The van der Waals surface area contributed by atoms with Gasteiger partial charge in [-0.05, 0) is 36.6 Å². The van der Waals surface area contributed by atoms with Gasteiger partial charge >= 0.3 is 5.97 Å². The number of carboxylic acids is 1. The van der Waals surface area contributed by atoms with Crippen LogP contribution >= 0.6 is 0 Å². The zero-order valence-electron chi connectivity index (χ0n) is 11.2. The SMILES string of the molecule is CCc1cc(C(=O)NCCCC(=O)O)ccc1OC. The van der Waals surface area contributed by atoms with Gasteiger partial charge in [-0.15, -0.1) is 0 Å². The van der Waals surface area contributed by atoms with Crippen molar-refractivity contribution in [1.82, 2.24) is 5.32 Å². The van der Waals surface area contributed by atoms with Crippen molar-refractivity contribution in [2.24, 2.45) is 0 Å². The van der Waals surface area contributed by atoms with E-state index in [1.807, 2.05) is 6.92 Å². The molecule has 0 aliphatic rings. The highest BCUT2D eigenvalue weighted by atomic mass is 16.5. The average molecular weight is 265 g/mol. The minimum Gasteiger partial charge on any atom is -0.496 e. The van der Waals surface area contributed by atoms with Gasteiger partial charge in [0.2, 0.25) is 0 Å². The number of hydrogen-bond donors (Lipinski definition) is 2. The van der Waals surface area contributed by atoms with Gasteiger partial charge in [-0.2, -0.15) is 0 Å². The smallest absolute Gasteiger partial charge is 0.303 e. The van der Waals surface area contributed by atoms with Crippen LogP contribution in [-0.2, 0) is 11.2 Å². The van der Waals surface area contributed by atoms with Crippen LogP contribution in [0.2, 0.25) is 0 Å². The molecule has 0 saturated carbocycles. The predicted molar refractivity (Wildman–Crippen MR) is 71.6 cm³/mol. The van der Waals surface area contributed by atoms with Crippen LogP contribution in [0.3, 0.4) is 0 Å². The van der Waals surface area contributed by atoms with Crippen LogP contribution in [0.25, 0.3) is 0 Å². The monoisotopic (exact) mass is 265 g/mol. The van der Waals surface area contributed by atoms with E-state index in [0.29, 0.717) is 18.5 Å². The highest BCUT2D eigenvalue weighted by Gasteiger charge is 2.09. The van der Waals surface area contributed by atoms with E-state index in [2.05, 4.69) is 5.32 Å². The van der Waals surface area contributed by atoms with Crippen LogP contribution in [0.15, 0.2) is 18.2 Å². The van der Waals surface area contributed by atoms with Gasteiger partial charge in [0, 0.05) is 18.5 Å². The van der Waals surface area contributed by atoms with Crippen LogP contribution < -0.4 is 10.1 Å². The van der Waals surface area contributed by atoms with Crippen molar-refractivity contribution in [3.05, 3.63) is 29.3 Å². The van der Waals surface area contributed by atoms with Crippen molar-refractivity contribution in [1.29, 1.82) is 0 Å². The molecule has 104 valence electrons. The number of carboxylic acid groups (broad SMARTS) is 1. The Morgan fingerprint density at radius 2 is 2.11 bits per heavy atom. The fraction of sp³-hybridized carbons (Fsp3) is 0.429. The Morgan fingerprint density at radius 1 is 1.37 bits per heavy atom. The van der Waals surface area contributed by atoms with E-state index < -0.39 is 5.97 Å². The van der Waals surface area contributed by atoms with Crippen molar-refractivity contribution >= 4 is 11.9 Å². The first kappa shape index (κ1) is 15.0. The van der Waals surface area contributed by atoms with Crippen molar-refractivity contribution in [3.63, 3.8) is 0 Å². The van der Waals surface area contributed by atoms with Gasteiger partial charge in [-0.25, -0.2) is 0 Å². The van der Waals surface area contributed by atoms with Crippen LogP contribution in [0.1, 0.15) is 35.7 Å². The maximum Gasteiger partial charge on any atom is 0.303 e. The summed E-state index contributed by atoms with van der Waals surface area (Å²) in [6.45, 7) is 2.35. The summed E-state index contributed by atoms with van der Waals surface area (Å²) in [5.74, 6) is -0.278. The van der Waals surface area contributed by atoms with Gasteiger partial charge in [-0.1, -0.05) is 6.92 Å². The topological polar surface area (TPSA) is 75.6 Å². The molecule has 0 spiro atoms. The molecule has 0 bridgehead atoms. The summed E-state index contributed by atoms with van der Waals surface area (Å²) in [4.78, 5) is 22.2. The first-order valence-corrected chi connectivity index (χ1v) is 6.25. The summed E-state index contributed by atoms with van der Waals surface area (Å²) in [7, 11) is 1.60. The Bertz CT molecular complexity index is 457. The predicted octanol–water partition coefficient (Wildman–Crippen LogP) is 1.85. The molecule has 2 N–H and O–H groups in total. The number of ether oxygens (including phenoxy) is 1. The Balaban J connectivity index is 2.59. The van der Waals surface area contributed by atoms with Crippen LogP contribution in [-0.4, -0.2) is 30.6 Å². The number of rotatable bonds is 7. The van der Waals surface area contributed by atoms with E-state index in [4.69, 9.17) is 9.84 Å². The molecule has 0 aromatic heterocycles. The number of benzene rings is 1. The van der Waals surface area contributed by atoms with Crippen LogP contribution in [0.5, 0.6) is 5.75 Å². The molecular formula is C14H19NO4. The van der Waals surface area contributed by atoms with Crippen LogP contribution in [0, 0.1) is 0 Å². The largest absolute Gasteiger partial charge is 0.496 e. The van der Waals surface area contributed by atoms with Gasteiger partial charge in [0.15, 0.2) is 0 Å². The highest BCUT2D eigenvalue weighted by molar-refractivity contribution is 5.94. The molecule has 1 amide bonds. The van der Waals surface area contributed by atoms with Gasteiger partial charge in [-0.3, -0.25) is 9.59 Å². The van der Waals surface area contributed by atoms with Gasteiger partial charge < -0.3 is 15.2 Å². The number of aryl methyl sites for hydroxylation is 1. The maximum absolute atomic E-state index is 11.9. The first-order chi connectivity index (χ1) is 9.08. The average Bonchev–Trinajstić information content (AvgIpc) is 2.42. The maximum atomic E-state index is 11.9. The minimum atomic E-state index is -0.855. The zero-order valence-corrected chi connectivity index (χ0v) is 11.2. The molecule has 0 atom stereocenters. The van der Waals surface area contributed by atoms with E-state index in [0.717, 1.165) is 17.7 Å². The number of methoxy groups -OCH3 is 1. The number of hydrogen-bond acceptors (Lipinski definition) is 3. The molecule has 5 heteroatoms. The third kappa shape index (κ3) is 4.62. The Kier molecular flexibility index (Phi) is 5.85.